The topological polar surface area (TPSA) is 69.6 Å². The molecular formula is C34H95NO3. The van der Waals surface area contributed by atoms with Crippen LogP contribution in [0.4, 0.5) is 0 Å². The number of hydrogen-bond acceptors (Lipinski definition) is 3. The lowest BCUT2D eigenvalue weighted by molar-refractivity contribution is -0.120. The highest BCUT2D eigenvalue weighted by molar-refractivity contribution is 5.73. The highest BCUT2D eigenvalue weighted by atomic mass is 16.3. The molecule has 3 N–H and O–H groups in total. The maximum atomic E-state index is 11.1. The van der Waals surface area contributed by atoms with Crippen LogP contribution in [0, 0.1) is 0 Å². The first-order valence-corrected chi connectivity index (χ1v) is 9.69. The number of aliphatic hydroxyl groups is 2. The molecule has 1 amide bonds. The van der Waals surface area contributed by atoms with Crippen LogP contribution >= 0.6 is 0 Å². The predicted octanol–water partition coefficient (Wildman–Crippen LogP) is 13.0. The van der Waals surface area contributed by atoms with Crippen molar-refractivity contribution < 1.29 is 57.5 Å². The second kappa shape index (κ2) is 76.6. The summed E-state index contributed by atoms with van der Waals surface area (Å²) in [6, 6.07) is -0.730. The number of hydrogen-bond donors (Lipinski definition) is 3. The number of carbonyl (C=O) groups excluding carboxylic acids is 1. The van der Waals surface area contributed by atoms with Crippen LogP contribution in [0.1, 0.15) is 237 Å². The van der Waals surface area contributed by atoms with Gasteiger partial charge in [-0.2, -0.15) is 0 Å². The van der Waals surface area contributed by atoms with Gasteiger partial charge in [0.05, 0.1) is 18.8 Å². The van der Waals surface area contributed by atoms with Crippen molar-refractivity contribution in [2.24, 2.45) is 0 Å². The maximum absolute atomic E-state index is 11.1. The van der Waals surface area contributed by atoms with Gasteiger partial charge in [-0.25, -0.2) is 0 Å². The largest absolute Gasteiger partial charge is 0.394 e. The van der Waals surface area contributed by atoms with Gasteiger partial charge in [0.1, 0.15) is 0 Å². The molecule has 2 atom stereocenters. The van der Waals surface area contributed by atoms with Gasteiger partial charge < -0.3 is 15.5 Å². The van der Waals surface area contributed by atoms with Crippen molar-refractivity contribution in [3.8, 4) is 0 Å². The molecule has 4 heteroatoms. The van der Waals surface area contributed by atoms with Crippen LogP contribution in [0.2, 0.25) is 0 Å². The van der Waals surface area contributed by atoms with Crippen LogP contribution in [-0.4, -0.2) is 34.9 Å². The van der Waals surface area contributed by atoms with Gasteiger partial charge in [-0.3, -0.25) is 4.79 Å². The number of carbonyl (C=O) groups is 1. The van der Waals surface area contributed by atoms with E-state index in [0.717, 1.165) is 12.8 Å². The Morgan fingerprint density at radius 1 is 0.789 bits per heavy atom. The molecule has 0 fully saturated rings. The Morgan fingerprint density at radius 2 is 1.13 bits per heavy atom. The smallest absolute Gasteiger partial charge is 0.217 e. The SMILES string of the molecule is [2H]C.[2H]C.[2H]C.[2H]C.[2H]C.[2H]C.[2H]C.[2H]C.[2H]C([2H])([2H])[2H].[2H]C([2H])([2H])[2H].[2H]C([2H])([2H])[2H].[2H]C([2H])([2H])[2H].[2H]C([2H])([2H])[2H].[2H]CC(=O)N[C@@H](CO)[C@H](O)/C=C/CCCCCCCCCCCCC.[2H]C[2H]. The van der Waals surface area contributed by atoms with Gasteiger partial charge in [0.15, 0.2) is 0 Å². The first kappa shape index (κ1) is 17.2. The molecule has 0 aliphatic heterocycles. The Bertz CT molecular complexity index is 688. The highest BCUT2D eigenvalue weighted by Gasteiger charge is 2.15. The fourth-order valence-corrected chi connectivity index (χ4v) is 2.74. The van der Waals surface area contributed by atoms with E-state index in [1.54, 1.807) is 6.08 Å². The van der Waals surface area contributed by atoms with Gasteiger partial charge in [-0.15, -0.1) is 0 Å². The zero-order valence-corrected chi connectivity index (χ0v) is 26.7. The van der Waals surface area contributed by atoms with E-state index in [-0.39, 0.29) is 14.0 Å². The first-order chi connectivity index (χ1) is 31.6. The molecule has 0 radical (unpaired) electrons. The number of aliphatic hydroxyl groups excluding tert-OH is 2. The van der Waals surface area contributed by atoms with Gasteiger partial charge in [0.25, 0.3) is 0 Å². The molecule has 0 bridgehead atoms. The molecule has 0 rings (SSSR count). The van der Waals surface area contributed by atoms with Crippen molar-refractivity contribution in [3.63, 3.8) is 0 Å². The second-order valence-corrected chi connectivity index (χ2v) is 6.60. The molecule has 0 spiro atoms. The molecule has 0 aliphatic rings. The minimum absolute atomic E-state index is 0.250. The number of amides is 1. The van der Waals surface area contributed by atoms with Crippen LogP contribution in [0.15, 0.2) is 12.2 Å². The number of allylic oxidation sites excluding steroid dienone is 1. The minimum Gasteiger partial charge on any atom is -0.394 e. The summed E-state index contributed by atoms with van der Waals surface area (Å²) in [5.41, 5.74) is 0. The summed E-state index contributed by atoms with van der Waals surface area (Å²) in [6.07, 6.45) is 18.0. The predicted molar refractivity (Wildman–Crippen MR) is 195 cm³/mol. The van der Waals surface area contributed by atoms with Crippen molar-refractivity contribution in [3.05, 3.63) is 12.2 Å². The lowest BCUT2D eigenvalue weighted by Crippen LogP contribution is -2.44. The minimum atomic E-state index is -2.50. The van der Waals surface area contributed by atoms with E-state index < -0.39 is 61.6 Å². The molecule has 0 heterocycles. The maximum Gasteiger partial charge on any atom is 0.217 e. The number of unbranched alkanes of at least 4 members (excludes halogenated alkanes) is 11. The monoisotopic (exact) mass is 597 g/mol. The van der Waals surface area contributed by atoms with E-state index in [4.69, 9.17) is 42.5 Å². The summed E-state index contributed by atoms with van der Waals surface area (Å²) < 4.78 is 183. The second-order valence-electron chi connectivity index (χ2n) is 6.60. The third-order valence-electron chi connectivity index (χ3n) is 4.26. The van der Waals surface area contributed by atoms with Gasteiger partial charge >= 0.3 is 0 Å². The fraction of sp³-hybridized carbons (Fsp3) is 0.912. The molecule has 0 aromatic carbocycles. The molecule has 0 unspecified atom stereocenters. The Balaban J connectivity index is -0.0000000419. The Labute approximate surface area is 295 Å². The molecule has 0 aromatic heterocycles. The first-order valence-electron chi connectivity index (χ1n) is 29.8. The van der Waals surface area contributed by atoms with Gasteiger partial charge in [-0.05, 0) is 12.8 Å². The molecule has 0 aliphatic carbocycles. The number of rotatable bonds is 16. The van der Waals surface area contributed by atoms with Gasteiger partial charge in [0.2, 0.25) is 5.91 Å². The molecule has 0 aromatic rings. The summed E-state index contributed by atoms with van der Waals surface area (Å²) in [4.78, 5) is 11.1. The van der Waals surface area contributed by atoms with Crippen LogP contribution in [0.3, 0.4) is 0 Å². The zero-order valence-electron chi connectivity index (χ0n) is 57.7. The van der Waals surface area contributed by atoms with Crippen molar-refractivity contribution >= 4 is 5.91 Å². The lowest BCUT2D eigenvalue weighted by Gasteiger charge is -2.18. The molecule has 4 nitrogen and oxygen atoms in total. The quantitative estimate of drug-likeness (QED) is 0.122. The zero-order chi connectivity index (χ0) is 60.0. The van der Waals surface area contributed by atoms with E-state index >= 15 is 0 Å². The molecule has 0 saturated carbocycles. The fourth-order valence-electron chi connectivity index (χ4n) is 2.74. The Morgan fingerprint density at radius 3 is 1.45 bits per heavy atom. The normalized spacial score (nSPS) is 19.6. The molecule has 0 saturated heterocycles. The third-order valence-corrected chi connectivity index (χ3v) is 4.26. The van der Waals surface area contributed by atoms with Crippen LogP contribution in [-0.2, 0) is 4.79 Å². The molecular weight excluding hydrogens is 470 g/mol. The summed E-state index contributed by atoms with van der Waals surface area (Å²) >= 11 is 0. The average Bonchev–Trinajstić information content (AvgIpc) is 3.24. The van der Waals surface area contributed by atoms with Crippen molar-refractivity contribution in [2.75, 3.05) is 6.61 Å². The van der Waals surface area contributed by atoms with Crippen molar-refractivity contribution in [1.82, 2.24) is 5.32 Å². The van der Waals surface area contributed by atoms with Gasteiger partial charge in [-0.1, -0.05) is 187 Å². The third kappa shape index (κ3) is 70.3. The number of nitrogens with one attached hydrogen (secondary N) is 1. The van der Waals surface area contributed by atoms with Crippen LogP contribution < -0.4 is 5.32 Å². The van der Waals surface area contributed by atoms with Crippen molar-refractivity contribution in [1.29, 1.82) is 0 Å². The summed E-state index contributed by atoms with van der Waals surface area (Å²) in [6.45, 7) is 1.51. The van der Waals surface area contributed by atoms with E-state index in [9.17, 15) is 15.0 Å². The highest BCUT2D eigenvalue weighted by Crippen LogP contribution is 2.12. The van der Waals surface area contributed by atoms with E-state index in [0.29, 0.717) is 0 Å². The Kier molecular flexibility index (Phi) is 34.6. The summed E-state index contributed by atoms with van der Waals surface area (Å²) in [5.74, 6) is -0.489. The summed E-state index contributed by atoms with van der Waals surface area (Å²) in [7, 11) is -2.75. The molecule has 38 heavy (non-hydrogen) atoms. The molecule has 254 valence electrons. The van der Waals surface area contributed by atoms with Gasteiger partial charge in [0, 0.05) is 49.4 Å². The van der Waals surface area contributed by atoms with E-state index in [1.165, 1.54) is 123 Å². The van der Waals surface area contributed by atoms with Crippen molar-refractivity contribution in [2.45, 2.75) is 206 Å². The standard InChI is InChI=1S/C20H39NO3.14CH4/c1-3-4-5-6-7-8-9-10-11-12-13-14-15-16-20(24)19(17-22)21-18(2)23;;;;;;;;;;;;;;/h15-16,19-20,22,24H,3-14,17H2,1-2H3,(H,21,23);14*1H4/b16-15+;;;;;;;;;;;;;;/t19-,20+;;;;;;;;;;;;;;/m0............../s1/i2D;5*1D4;1D2;8*1D. The van der Waals surface area contributed by atoms with E-state index in [2.05, 4.69) is 12.2 Å². The van der Waals surface area contributed by atoms with Crippen LogP contribution in [0.5, 0.6) is 0 Å². The van der Waals surface area contributed by atoms with Crippen LogP contribution in [0.25, 0.3) is 0 Å². The lowest BCUT2D eigenvalue weighted by atomic mass is 10.0. The summed E-state index contributed by atoms with van der Waals surface area (Å²) in [5, 5.41) is 21.5. The van der Waals surface area contributed by atoms with E-state index in [1.807, 2.05) is 6.08 Å². The average molecular weight is 597 g/mol. The Hall–Kier alpha value is -0.870.